The quantitative estimate of drug-likeness (QED) is 0.470. The van der Waals surface area contributed by atoms with Crippen molar-refractivity contribution >= 4 is 22.6 Å². The van der Waals surface area contributed by atoms with E-state index in [4.69, 9.17) is 4.42 Å². The molecule has 0 spiro atoms. The van der Waals surface area contributed by atoms with Crippen LogP contribution in [0.4, 0.5) is 16.0 Å². The van der Waals surface area contributed by atoms with Crippen molar-refractivity contribution in [2.75, 3.05) is 17.7 Å². The van der Waals surface area contributed by atoms with Gasteiger partial charge in [0, 0.05) is 24.2 Å². The highest BCUT2D eigenvalue weighted by molar-refractivity contribution is 5.81. The summed E-state index contributed by atoms with van der Waals surface area (Å²) in [6.07, 6.45) is 1.62. The highest BCUT2D eigenvalue weighted by atomic mass is 19.1. The zero-order chi connectivity index (χ0) is 22.7. The van der Waals surface area contributed by atoms with E-state index in [2.05, 4.69) is 26.7 Å². The summed E-state index contributed by atoms with van der Waals surface area (Å²) in [5.74, 6) is 0.495. The summed E-state index contributed by atoms with van der Waals surface area (Å²) in [7, 11) is 1.67. The van der Waals surface area contributed by atoms with Crippen LogP contribution in [-0.4, -0.2) is 23.1 Å². The fraction of sp³-hybridized carbons (Fsp3) is 0.167. The van der Waals surface area contributed by atoms with Gasteiger partial charge in [-0.05, 0) is 25.5 Å². The zero-order valence-electron chi connectivity index (χ0n) is 17.5. The van der Waals surface area contributed by atoms with Crippen molar-refractivity contribution in [3.63, 3.8) is 0 Å². The molecule has 160 valence electrons. The third-order valence-electron chi connectivity index (χ3n) is 5.09. The molecule has 0 bridgehead atoms. The van der Waals surface area contributed by atoms with Gasteiger partial charge in [-0.2, -0.15) is 5.26 Å². The Morgan fingerprint density at radius 1 is 1.12 bits per heavy atom. The Hall–Kier alpha value is -4.25. The molecule has 4 rings (SSSR count). The molecule has 0 saturated heterocycles. The summed E-state index contributed by atoms with van der Waals surface area (Å²) < 4.78 is 20.3. The van der Waals surface area contributed by atoms with Gasteiger partial charge in [-0.1, -0.05) is 36.4 Å². The summed E-state index contributed by atoms with van der Waals surface area (Å²) in [6.45, 7) is 1.87. The van der Waals surface area contributed by atoms with Crippen LogP contribution >= 0.6 is 0 Å². The van der Waals surface area contributed by atoms with Gasteiger partial charge in [0.1, 0.15) is 35.4 Å². The number of anilines is 2. The third-order valence-corrected chi connectivity index (χ3v) is 5.09. The van der Waals surface area contributed by atoms with E-state index in [0.29, 0.717) is 28.5 Å². The predicted octanol–water partition coefficient (Wildman–Crippen LogP) is 4.35. The number of halogens is 1. The fourth-order valence-electron chi connectivity index (χ4n) is 3.61. The summed E-state index contributed by atoms with van der Waals surface area (Å²) >= 11 is 0. The molecule has 0 aliphatic carbocycles. The molecule has 1 unspecified atom stereocenters. The van der Waals surface area contributed by atoms with Crippen LogP contribution in [0.5, 0.6) is 0 Å². The van der Waals surface area contributed by atoms with Crippen LogP contribution in [0.25, 0.3) is 22.3 Å². The average molecular weight is 429 g/mol. The van der Waals surface area contributed by atoms with E-state index >= 15 is 0 Å². The fourth-order valence-corrected chi connectivity index (χ4v) is 3.61. The lowest BCUT2D eigenvalue weighted by Gasteiger charge is -2.18. The number of aromatic nitrogens is 2. The Labute approximate surface area is 183 Å². The molecule has 0 fully saturated rings. The molecule has 4 aromatic rings. The molecule has 32 heavy (non-hydrogen) atoms. The molecule has 1 atom stereocenters. The van der Waals surface area contributed by atoms with Crippen LogP contribution in [0.2, 0.25) is 0 Å². The SMILES string of the molecule is CNc1ncnc(NC(C)Cc2c(-c3ccccc3)oc3c(F)cccc3c2=O)c1C#N. The minimum absolute atomic E-state index is 0.0676. The van der Waals surface area contributed by atoms with E-state index in [-0.39, 0.29) is 34.4 Å². The lowest BCUT2D eigenvalue weighted by atomic mass is 9.99. The topological polar surface area (TPSA) is 104 Å². The lowest BCUT2D eigenvalue weighted by Crippen LogP contribution is -2.24. The van der Waals surface area contributed by atoms with Crippen LogP contribution in [0.3, 0.4) is 0 Å². The number of nitriles is 1. The number of hydrogen-bond acceptors (Lipinski definition) is 7. The van der Waals surface area contributed by atoms with Gasteiger partial charge in [0.15, 0.2) is 16.8 Å². The number of hydrogen-bond donors (Lipinski definition) is 2. The molecular formula is C24H20FN5O2. The van der Waals surface area contributed by atoms with Crippen molar-refractivity contribution < 1.29 is 8.81 Å². The molecule has 2 N–H and O–H groups in total. The first-order valence-electron chi connectivity index (χ1n) is 10.0. The summed E-state index contributed by atoms with van der Waals surface area (Å²) in [5.41, 5.74) is 1.00. The molecule has 0 saturated carbocycles. The van der Waals surface area contributed by atoms with Crippen LogP contribution in [0, 0.1) is 17.1 Å². The Balaban J connectivity index is 1.78. The molecule has 2 aromatic carbocycles. The van der Waals surface area contributed by atoms with Crippen LogP contribution < -0.4 is 16.1 Å². The van der Waals surface area contributed by atoms with E-state index in [1.165, 1.54) is 18.5 Å². The van der Waals surface area contributed by atoms with Gasteiger partial charge >= 0.3 is 0 Å². The predicted molar refractivity (Wildman–Crippen MR) is 121 cm³/mol. The monoisotopic (exact) mass is 429 g/mol. The van der Waals surface area contributed by atoms with Crippen molar-refractivity contribution in [2.45, 2.75) is 19.4 Å². The van der Waals surface area contributed by atoms with E-state index in [0.717, 1.165) is 0 Å². The van der Waals surface area contributed by atoms with Gasteiger partial charge in [-0.3, -0.25) is 4.79 Å². The van der Waals surface area contributed by atoms with Gasteiger partial charge in [0.25, 0.3) is 0 Å². The van der Waals surface area contributed by atoms with Gasteiger partial charge in [0.2, 0.25) is 0 Å². The molecule has 0 aliphatic heterocycles. The number of rotatable bonds is 6. The highest BCUT2D eigenvalue weighted by Gasteiger charge is 2.21. The van der Waals surface area contributed by atoms with E-state index in [9.17, 15) is 14.4 Å². The van der Waals surface area contributed by atoms with E-state index < -0.39 is 5.82 Å². The molecule has 8 heteroatoms. The molecule has 2 aromatic heterocycles. The van der Waals surface area contributed by atoms with Gasteiger partial charge in [-0.15, -0.1) is 0 Å². The van der Waals surface area contributed by atoms with E-state index in [1.54, 1.807) is 13.1 Å². The zero-order valence-corrected chi connectivity index (χ0v) is 17.5. The summed E-state index contributed by atoms with van der Waals surface area (Å²) in [4.78, 5) is 21.6. The minimum atomic E-state index is -0.589. The average Bonchev–Trinajstić information content (AvgIpc) is 2.81. The molecular weight excluding hydrogens is 409 g/mol. The minimum Gasteiger partial charge on any atom is -0.452 e. The number of benzene rings is 2. The normalized spacial score (nSPS) is 11.7. The second-order valence-electron chi connectivity index (χ2n) is 7.28. The number of nitrogens with zero attached hydrogens (tertiary/aromatic N) is 3. The van der Waals surface area contributed by atoms with Crippen LogP contribution in [0.1, 0.15) is 18.1 Å². The maximum absolute atomic E-state index is 14.4. The standard InChI is InChI=1S/C24H20FN5O2/c1-14(30-24-18(12-26)23(27-2)28-13-29-24)11-17-20(31)16-9-6-10-19(25)22(16)32-21(17)15-7-4-3-5-8-15/h3-10,13-14H,11H2,1-2H3,(H2,27,28,29,30). The molecule has 7 nitrogen and oxygen atoms in total. The number of para-hydroxylation sites is 1. The summed E-state index contributed by atoms with van der Waals surface area (Å²) in [6, 6.07) is 15.2. The van der Waals surface area contributed by atoms with E-state index in [1.807, 2.05) is 37.3 Å². The summed E-state index contributed by atoms with van der Waals surface area (Å²) in [5, 5.41) is 15.7. The molecule has 0 radical (unpaired) electrons. The van der Waals surface area contributed by atoms with Crippen molar-refractivity contribution in [3.8, 4) is 17.4 Å². The molecule has 0 amide bonds. The van der Waals surface area contributed by atoms with Crippen molar-refractivity contribution in [3.05, 3.63) is 82.0 Å². The first-order chi connectivity index (χ1) is 15.5. The largest absolute Gasteiger partial charge is 0.452 e. The van der Waals surface area contributed by atoms with Gasteiger partial charge in [-0.25, -0.2) is 14.4 Å². The second kappa shape index (κ2) is 8.86. The first-order valence-corrected chi connectivity index (χ1v) is 10.0. The van der Waals surface area contributed by atoms with Crippen molar-refractivity contribution in [1.82, 2.24) is 9.97 Å². The first kappa shape index (κ1) is 21.0. The molecule has 2 heterocycles. The molecule has 0 aliphatic rings. The second-order valence-corrected chi connectivity index (χ2v) is 7.28. The number of nitrogens with one attached hydrogen (secondary N) is 2. The van der Waals surface area contributed by atoms with Crippen molar-refractivity contribution in [1.29, 1.82) is 5.26 Å². The third kappa shape index (κ3) is 3.88. The smallest absolute Gasteiger partial charge is 0.196 e. The Bertz CT molecular complexity index is 1380. The Kier molecular flexibility index (Phi) is 5.81. The Morgan fingerprint density at radius 3 is 2.59 bits per heavy atom. The van der Waals surface area contributed by atoms with Crippen LogP contribution in [-0.2, 0) is 6.42 Å². The van der Waals surface area contributed by atoms with Gasteiger partial charge in [0.05, 0.1) is 5.39 Å². The maximum atomic E-state index is 14.4. The lowest BCUT2D eigenvalue weighted by molar-refractivity contribution is 0.554. The highest BCUT2D eigenvalue weighted by Crippen LogP contribution is 2.28. The Morgan fingerprint density at radius 2 is 1.88 bits per heavy atom. The van der Waals surface area contributed by atoms with Crippen LogP contribution in [0.15, 0.2) is 64.1 Å². The maximum Gasteiger partial charge on any atom is 0.196 e. The van der Waals surface area contributed by atoms with Crippen molar-refractivity contribution in [2.24, 2.45) is 0 Å². The number of fused-ring (bicyclic) bond motifs is 1. The van der Waals surface area contributed by atoms with Gasteiger partial charge < -0.3 is 15.1 Å².